The van der Waals surface area contributed by atoms with E-state index in [0.717, 1.165) is 25.3 Å². The number of nitro groups is 1. The summed E-state index contributed by atoms with van der Waals surface area (Å²) in [6.45, 7) is 5.63. The molecule has 0 aliphatic rings. The van der Waals surface area contributed by atoms with Gasteiger partial charge in [-0.25, -0.2) is 0 Å². The van der Waals surface area contributed by atoms with Crippen LogP contribution in [0.4, 0.5) is 17.1 Å². The van der Waals surface area contributed by atoms with Crippen molar-refractivity contribution in [3.8, 4) is 0 Å². The number of rotatable bonds is 9. The van der Waals surface area contributed by atoms with Crippen molar-refractivity contribution in [2.24, 2.45) is 5.92 Å². The summed E-state index contributed by atoms with van der Waals surface area (Å²) in [7, 11) is 0. The van der Waals surface area contributed by atoms with Gasteiger partial charge in [0.25, 0.3) is 0 Å². The maximum Gasteiger partial charge on any atom is 0.315 e. The standard InChI is InChI=1S/C14H23N3O2S/c1-4-8-15-12-6-5-7-13(14(12)17(18)19)16-9-11(2)10-20-3/h5-7,11,15-16H,4,8-10H2,1-3H3. The van der Waals surface area contributed by atoms with Crippen molar-refractivity contribution >= 4 is 28.8 Å². The lowest BCUT2D eigenvalue weighted by Gasteiger charge is -2.14. The van der Waals surface area contributed by atoms with Gasteiger partial charge in [0, 0.05) is 13.1 Å². The van der Waals surface area contributed by atoms with E-state index in [9.17, 15) is 10.1 Å². The van der Waals surface area contributed by atoms with Crippen molar-refractivity contribution in [3.63, 3.8) is 0 Å². The van der Waals surface area contributed by atoms with E-state index in [1.54, 1.807) is 23.9 Å². The van der Waals surface area contributed by atoms with E-state index < -0.39 is 0 Å². The summed E-state index contributed by atoms with van der Waals surface area (Å²) in [4.78, 5) is 11.0. The highest BCUT2D eigenvalue weighted by molar-refractivity contribution is 7.98. The van der Waals surface area contributed by atoms with Crippen LogP contribution in [-0.4, -0.2) is 30.0 Å². The van der Waals surface area contributed by atoms with E-state index in [1.807, 2.05) is 13.0 Å². The normalized spacial score (nSPS) is 11.9. The molecule has 0 aromatic heterocycles. The Morgan fingerprint density at radius 3 is 2.55 bits per heavy atom. The highest BCUT2D eigenvalue weighted by Gasteiger charge is 2.19. The predicted molar refractivity (Wildman–Crippen MR) is 87.9 cm³/mol. The third-order valence-corrected chi connectivity index (χ3v) is 3.78. The second-order valence-corrected chi connectivity index (χ2v) is 5.74. The molecule has 20 heavy (non-hydrogen) atoms. The number of nitro benzene ring substituents is 1. The minimum atomic E-state index is -0.320. The fourth-order valence-corrected chi connectivity index (χ4v) is 2.60. The van der Waals surface area contributed by atoms with E-state index in [2.05, 4.69) is 23.8 Å². The van der Waals surface area contributed by atoms with Crippen LogP contribution in [0.15, 0.2) is 18.2 Å². The monoisotopic (exact) mass is 297 g/mol. The van der Waals surface area contributed by atoms with Gasteiger partial charge in [0.2, 0.25) is 0 Å². The molecule has 0 radical (unpaired) electrons. The third-order valence-electron chi connectivity index (χ3n) is 2.88. The maximum atomic E-state index is 11.3. The molecular formula is C14H23N3O2S. The number of anilines is 2. The molecule has 1 unspecified atom stereocenters. The minimum absolute atomic E-state index is 0.136. The summed E-state index contributed by atoms with van der Waals surface area (Å²) in [5.41, 5.74) is 1.31. The van der Waals surface area contributed by atoms with Gasteiger partial charge in [0.1, 0.15) is 11.4 Å². The molecule has 0 saturated heterocycles. The summed E-state index contributed by atoms with van der Waals surface area (Å²) >= 11 is 1.78. The largest absolute Gasteiger partial charge is 0.379 e. The molecule has 2 N–H and O–H groups in total. The van der Waals surface area contributed by atoms with Gasteiger partial charge in [-0.15, -0.1) is 0 Å². The zero-order valence-corrected chi connectivity index (χ0v) is 13.1. The molecule has 1 rings (SSSR count). The third kappa shape index (κ3) is 4.92. The van der Waals surface area contributed by atoms with Gasteiger partial charge in [-0.05, 0) is 36.5 Å². The zero-order chi connectivity index (χ0) is 15.0. The highest BCUT2D eigenvalue weighted by Crippen LogP contribution is 2.32. The molecule has 0 spiro atoms. The fourth-order valence-electron chi connectivity index (χ4n) is 1.91. The van der Waals surface area contributed by atoms with Crippen molar-refractivity contribution in [3.05, 3.63) is 28.3 Å². The molecule has 112 valence electrons. The van der Waals surface area contributed by atoms with E-state index in [1.165, 1.54) is 0 Å². The van der Waals surface area contributed by atoms with Crippen LogP contribution in [-0.2, 0) is 0 Å². The molecule has 0 fully saturated rings. The number of nitrogens with one attached hydrogen (secondary N) is 2. The van der Waals surface area contributed by atoms with E-state index >= 15 is 0 Å². The van der Waals surface area contributed by atoms with Crippen LogP contribution in [0.25, 0.3) is 0 Å². The topological polar surface area (TPSA) is 67.2 Å². The SMILES string of the molecule is CCCNc1cccc(NCC(C)CSC)c1[N+](=O)[O-]. The van der Waals surface area contributed by atoms with Crippen molar-refractivity contribution in [1.29, 1.82) is 0 Å². The van der Waals surface area contributed by atoms with E-state index in [0.29, 0.717) is 17.3 Å². The maximum absolute atomic E-state index is 11.3. The van der Waals surface area contributed by atoms with Crippen LogP contribution >= 0.6 is 11.8 Å². The minimum Gasteiger partial charge on any atom is -0.379 e. The molecule has 0 amide bonds. The molecule has 0 saturated carbocycles. The first-order chi connectivity index (χ1) is 9.60. The lowest BCUT2D eigenvalue weighted by Crippen LogP contribution is -2.14. The number of benzene rings is 1. The summed E-state index contributed by atoms with van der Waals surface area (Å²) in [5, 5.41) is 17.6. The molecule has 0 aliphatic heterocycles. The van der Waals surface area contributed by atoms with Gasteiger partial charge in [0.15, 0.2) is 0 Å². The van der Waals surface area contributed by atoms with E-state index in [4.69, 9.17) is 0 Å². The van der Waals surface area contributed by atoms with Crippen LogP contribution in [0.5, 0.6) is 0 Å². The Morgan fingerprint density at radius 2 is 2.00 bits per heavy atom. The number of para-hydroxylation sites is 1. The number of hydrogen-bond donors (Lipinski definition) is 2. The Morgan fingerprint density at radius 1 is 1.35 bits per heavy atom. The number of nitrogens with zero attached hydrogens (tertiary/aromatic N) is 1. The average Bonchev–Trinajstić information content (AvgIpc) is 2.42. The smallest absolute Gasteiger partial charge is 0.315 e. The molecule has 0 heterocycles. The van der Waals surface area contributed by atoms with Gasteiger partial charge in [0.05, 0.1) is 4.92 Å². The first-order valence-corrected chi connectivity index (χ1v) is 8.23. The summed E-state index contributed by atoms with van der Waals surface area (Å²) in [6, 6.07) is 5.36. The molecule has 1 atom stereocenters. The Balaban J connectivity index is 2.86. The van der Waals surface area contributed by atoms with Crippen LogP contribution in [0.2, 0.25) is 0 Å². The zero-order valence-electron chi connectivity index (χ0n) is 12.3. The van der Waals surface area contributed by atoms with Crippen LogP contribution in [0.1, 0.15) is 20.3 Å². The second kappa shape index (κ2) is 8.68. The quantitative estimate of drug-likeness (QED) is 0.535. The average molecular weight is 297 g/mol. The Labute approximate surface area is 124 Å². The predicted octanol–water partition coefficient (Wildman–Crippen LogP) is 3.83. The van der Waals surface area contributed by atoms with Crippen molar-refractivity contribution < 1.29 is 4.92 Å². The summed E-state index contributed by atoms with van der Waals surface area (Å²) in [6.07, 6.45) is 2.99. The lowest BCUT2D eigenvalue weighted by molar-refractivity contribution is -0.383. The Kier molecular flexibility index (Phi) is 7.22. The van der Waals surface area contributed by atoms with Crippen molar-refractivity contribution in [2.45, 2.75) is 20.3 Å². The van der Waals surface area contributed by atoms with Gasteiger partial charge < -0.3 is 10.6 Å². The van der Waals surface area contributed by atoms with Gasteiger partial charge in [-0.1, -0.05) is 19.9 Å². The lowest BCUT2D eigenvalue weighted by atomic mass is 10.2. The van der Waals surface area contributed by atoms with Crippen LogP contribution < -0.4 is 10.6 Å². The molecule has 0 bridgehead atoms. The number of thioether (sulfide) groups is 1. The molecule has 1 aromatic rings. The Hall–Kier alpha value is -1.43. The van der Waals surface area contributed by atoms with Gasteiger partial charge in [-0.2, -0.15) is 11.8 Å². The molecule has 1 aromatic carbocycles. The summed E-state index contributed by atoms with van der Waals surface area (Å²) < 4.78 is 0. The summed E-state index contributed by atoms with van der Waals surface area (Å²) in [5.74, 6) is 1.51. The molecular weight excluding hydrogens is 274 g/mol. The van der Waals surface area contributed by atoms with Crippen LogP contribution in [0, 0.1) is 16.0 Å². The first-order valence-electron chi connectivity index (χ1n) is 6.84. The van der Waals surface area contributed by atoms with Gasteiger partial charge in [-0.3, -0.25) is 10.1 Å². The van der Waals surface area contributed by atoms with E-state index in [-0.39, 0.29) is 10.6 Å². The number of hydrogen-bond acceptors (Lipinski definition) is 5. The van der Waals surface area contributed by atoms with Crippen LogP contribution in [0.3, 0.4) is 0 Å². The fraction of sp³-hybridized carbons (Fsp3) is 0.571. The van der Waals surface area contributed by atoms with Gasteiger partial charge >= 0.3 is 5.69 Å². The highest BCUT2D eigenvalue weighted by atomic mass is 32.2. The molecule has 6 heteroatoms. The first kappa shape index (κ1) is 16.6. The van der Waals surface area contributed by atoms with Crippen molar-refractivity contribution in [1.82, 2.24) is 0 Å². The van der Waals surface area contributed by atoms with Crippen molar-refractivity contribution in [2.75, 3.05) is 35.7 Å². The molecule has 0 aliphatic carbocycles. The Bertz CT molecular complexity index is 440. The second-order valence-electron chi connectivity index (χ2n) is 4.83. The molecule has 5 nitrogen and oxygen atoms in total.